The van der Waals surface area contributed by atoms with Crippen molar-refractivity contribution in [2.45, 2.75) is 25.9 Å². The number of rotatable bonds is 2. The van der Waals surface area contributed by atoms with Crippen LogP contribution < -0.4 is 5.32 Å². The van der Waals surface area contributed by atoms with E-state index in [2.05, 4.69) is 21.2 Å². The van der Waals surface area contributed by atoms with E-state index < -0.39 is 0 Å². The molecule has 1 aromatic carbocycles. The van der Waals surface area contributed by atoms with Gasteiger partial charge in [-0.15, -0.1) is 0 Å². The molecule has 0 amide bonds. The maximum absolute atomic E-state index is 13.9. The van der Waals surface area contributed by atoms with Gasteiger partial charge < -0.3 is 10.1 Å². The third-order valence-corrected chi connectivity index (χ3v) is 3.58. The lowest BCUT2D eigenvalue weighted by Crippen LogP contribution is -2.33. The summed E-state index contributed by atoms with van der Waals surface area (Å²) in [6, 6.07) is 3.74. The summed E-state index contributed by atoms with van der Waals surface area (Å²) in [5.41, 5.74) is 1.78. The lowest BCUT2D eigenvalue weighted by molar-refractivity contribution is 0.0275. The zero-order chi connectivity index (χ0) is 12.4. The van der Waals surface area contributed by atoms with E-state index in [1.165, 1.54) is 0 Å². The molecule has 1 unspecified atom stereocenters. The number of hydrogen-bond donors (Lipinski definition) is 1. The van der Waals surface area contributed by atoms with Crippen LogP contribution in [0.4, 0.5) is 4.39 Å². The van der Waals surface area contributed by atoms with E-state index >= 15 is 0 Å². The topological polar surface area (TPSA) is 21.3 Å². The summed E-state index contributed by atoms with van der Waals surface area (Å²) in [5.74, 6) is 0.00955. The van der Waals surface area contributed by atoms with Crippen LogP contribution in [0.25, 0.3) is 0 Å². The minimum Gasteiger partial charge on any atom is -0.371 e. The van der Waals surface area contributed by atoms with E-state index in [0.717, 1.165) is 24.2 Å². The van der Waals surface area contributed by atoms with Crippen molar-refractivity contribution in [2.75, 3.05) is 19.7 Å². The van der Waals surface area contributed by atoms with Crippen molar-refractivity contribution in [3.63, 3.8) is 0 Å². The molecule has 2 nitrogen and oxygen atoms in total. The fourth-order valence-electron chi connectivity index (χ4n) is 2.02. The Morgan fingerprint density at radius 2 is 2.24 bits per heavy atom. The van der Waals surface area contributed by atoms with Gasteiger partial charge in [0.15, 0.2) is 0 Å². The van der Waals surface area contributed by atoms with Gasteiger partial charge in [0.05, 0.1) is 17.2 Å². The van der Waals surface area contributed by atoms with Crippen molar-refractivity contribution >= 4 is 15.9 Å². The Balaban J connectivity index is 2.34. The first-order valence-corrected chi connectivity index (χ1v) is 6.70. The third-order valence-electron chi connectivity index (χ3n) is 3.00. The molecule has 17 heavy (non-hydrogen) atoms. The first-order valence-electron chi connectivity index (χ1n) is 5.90. The molecule has 1 atom stereocenters. The van der Waals surface area contributed by atoms with E-state index in [1.807, 2.05) is 26.0 Å². The summed E-state index contributed by atoms with van der Waals surface area (Å²) in [4.78, 5) is 0. The maximum Gasteiger partial charge on any atom is 0.140 e. The summed E-state index contributed by atoms with van der Waals surface area (Å²) in [6.07, 6.45) is 0.0261. The molecule has 0 bridgehead atoms. The van der Waals surface area contributed by atoms with Gasteiger partial charge in [0, 0.05) is 13.1 Å². The Bertz CT molecular complexity index is 403. The van der Waals surface area contributed by atoms with E-state index in [9.17, 15) is 4.39 Å². The zero-order valence-electron chi connectivity index (χ0n) is 10.1. The molecular weight excluding hydrogens is 285 g/mol. The van der Waals surface area contributed by atoms with Gasteiger partial charge >= 0.3 is 0 Å². The first-order chi connectivity index (χ1) is 8.09. The minimum absolute atomic E-state index is 0.0261. The van der Waals surface area contributed by atoms with Crippen molar-refractivity contribution in [3.05, 3.63) is 33.5 Å². The molecule has 0 aromatic heterocycles. The number of morpholine rings is 1. The number of halogens is 2. The van der Waals surface area contributed by atoms with Gasteiger partial charge in [-0.05, 0) is 45.1 Å². The highest BCUT2D eigenvalue weighted by molar-refractivity contribution is 9.10. The monoisotopic (exact) mass is 301 g/mol. The molecule has 1 saturated heterocycles. The third kappa shape index (κ3) is 2.87. The van der Waals surface area contributed by atoms with Gasteiger partial charge in [-0.25, -0.2) is 4.39 Å². The zero-order valence-corrected chi connectivity index (χ0v) is 11.7. The molecule has 0 aliphatic carbocycles. The van der Waals surface area contributed by atoms with Gasteiger partial charge in [0.25, 0.3) is 0 Å². The molecule has 94 valence electrons. The summed E-state index contributed by atoms with van der Waals surface area (Å²) in [7, 11) is 0. The molecule has 1 N–H and O–H groups in total. The molecule has 0 radical (unpaired) electrons. The van der Waals surface area contributed by atoms with Crippen LogP contribution in [0.5, 0.6) is 0 Å². The first kappa shape index (κ1) is 13.0. The van der Waals surface area contributed by atoms with E-state index in [0.29, 0.717) is 11.1 Å². The van der Waals surface area contributed by atoms with Gasteiger partial charge in [0.1, 0.15) is 5.82 Å². The average Bonchev–Trinajstić information content (AvgIpc) is 2.33. The fourth-order valence-corrected chi connectivity index (χ4v) is 2.51. The lowest BCUT2D eigenvalue weighted by atomic mass is 9.97. The highest BCUT2D eigenvalue weighted by Crippen LogP contribution is 2.30. The number of benzene rings is 1. The Hall–Kier alpha value is -0.450. The highest BCUT2D eigenvalue weighted by Gasteiger charge is 2.19. The highest BCUT2D eigenvalue weighted by atomic mass is 79.9. The Morgan fingerprint density at radius 3 is 2.82 bits per heavy atom. The second-order valence-corrected chi connectivity index (χ2v) is 5.48. The summed E-state index contributed by atoms with van der Waals surface area (Å²) in [6.45, 7) is 6.37. The second-order valence-electron chi connectivity index (χ2n) is 4.62. The SMILES string of the molecule is CC(C)c1cc(C2CNCCO2)cc(Br)c1F. The summed E-state index contributed by atoms with van der Waals surface area (Å²) < 4.78 is 20.1. The second kappa shape index (κ2) is 5.46. The van der Waals surface area contributed by atoms with Gasteiger partial charge in [-0.3, -0.25) is 0 Å². The minimum atomic E-state index is -0.160. The van der Waals surface area contributed by atoms with Crippen LogP contribution in [0.3, 0.4) is 0 Å². The molecule has 2 rings (SSSR count). The lowest BCUT2D eigenvalue weighted by Gasteiger charge is -2.25. The molecule has 4 heteroatoms. The van der Waals surface area contributed by atoms with Crippen molar-refractivity contribution < 1.29 is 9.13 Å². The van der Waals surface area contributed by atoms with Crippen LogP contribution >= 0.6 is 15.9 Å². The Morgan fingerprint density at radius 1 is 1.47 bits per heavy atom. The molecule has 0 saturated carbocycles. The van der Waals surface area contributed by atoms with Crippen LogP contribution in [-0.4, -0.2) is 19.7 Å². The van der Waals surface area contributed by atoms with Crippen LogP contribution in [0.2, 0.25) is 0 Å². The molecule has 1 aliphatic heterocycles. The van der Waals surface area contributed by atoms with E-state index in [4.69, 9.17) is 4.74 Å². The molecule has 1 aliphatic rings. The van der Waals surface area contributed by atoms with Crippen LogP contribution in [0.15, 0.2) is 16.6 Å². The largest absolute Gasteiger partial charge is 0.371 e. The van der Waals surface area contributed by atoms with E-state index in [-0.39, 0.29) is 17.8 Å². The predicted octanol–water partition coefficient (Wildman–Crippen LogP) is 3.37. The normalized spacial score (nSPS) is 20.9. The molecule has 1 aromatic rings. The number of nitrogens with one attached hydrogen (secondary N) is 1. The quantitative estimate of drug-likeness (QED) is 0.904. The van der Waals surface area contributed by atoms with Crippen molar-refractivity contribution in [2.24, 2.45) is 0 Å². The molecule has 1 fully saturated rings. The predicted molar refractivity (Wildman–Crippen MR) is 69.8 cm³/mol. The smallest absolute Gasteiger partial charge is 0.140 e. The average molecular weight is 302 g/mol. The Labute approximate surface area is 110 Å². The van der Waals surface area contributed by atoms with Crippen LogP contribution in [0, 0.1) is 5.82 Å². The number of hydrogen-bond acceptors (Lipinski definition) is 2. The van der Waals surface area contributed by atoms with Crippen LogP contribution in [0.1, 0.15) is 37.0 Å². The van der Waals surface area contributed by atoms with Crippen molar-refractivity contribution in [3.8, 4) is 0 Å². The standard InChI is InChI=1S/C13H17BrFNO/c1-8(2)10-5-9(6-11(14)13(10)15)12-7-16-3-4-17-12/h5-6,8,12,16H,3-4,7H2,1-2H3. The van der Waals surface area contributed by atoms with Gasteiger partial charge in [0.2, 0.25) is 0 Å². The van der Waals surface area contributed by atoms with E-state index in [1.54, 1.807) is 0 Å². The summed E-state index contributed by atoms with van der Waals surface area (Å²) in [5, 5.41) is 3.28. The molecule has 1 heterocycles. The molecular formula is C13H17BrFNO. The summed E-state index contributed by atoms with van der Waals surface area (Å²) >= 11 is 3.28. The van der Waals surface area contributed by atoms with Crippen molar-refractivity contribution in [1.29, 1.82) is 0 Å². The Kier molecular flexibility index (Phi) is 4.17. The molecule has 0 spiro atoms. The van der Waals surface area contributed by atoms with Gasteiger partial charge in [-0.1, -0.05) is 13.8 Å². The fraction of sp³-hybridized carbons (Fsp3) is 0.538. The number of ether oxygens (including phenoxy) is 1. The van der Waals surface area contributed by atoms with Gasteiger partial charge in [-0.2, -0.15) is 0 Å². The van der Waals surface area contributed by atoms with Crippen molar-refractivity contribution in [1.82, 2.24) is 5.32 Å². The van der Waals surface area contributed by atoms with Crippen LogP contribution in [-0.2, 0) is 4.74 Å². The maximum atomic E-state index is 13.9.